The predicted octanol–water partition coefficient (Wildman–Crippen LogP) is 2.09. The van der Waals surface area contributed by atoms with Crippen molar-refractivity contribution in [1.29, 1.82) is 0 Å². The van der Waals surface area contributed by atoms with Crippen LogP contribution in [0, 0.1) is 11.8 Å². The predicted molar refractivity (Wildman–Crippen MR) is 62.7 cm³/mol. The molecule has 2 N–H and O–H groups in total. The molecule has 2 aliphatic rings. The normalized spacial score (nSPS) is 40.9. The third-order valence-electron chi connectivity index (χ3n) is 3.79. The highest BCUT2D eigenvalue weighted by Crippen LogP contribution is 2.25. The molecule has 0 unspecified atom stereocenters. The van der Waals surface area contributed by atoms with E-state index in [1.54, 1.807) is 0 Å². The molecule has 2 rings (SSSR count). The van der Waals surface area contributed by atoms with Crippen molar-refractivity contribution < 1.29 is 5.11 Å². The number of hydrogen-bond donors (Lipinski definition) is 2. The van der Waals surface area contributed by atoms with Crippen molar-refractivity contribution in [2.24, 2.45) is 11.8 Å². The highest BCUT2D eigenvalue weighted by Gasteiger charge is 2.24. The maximum absolute atomic E-state index is 9.05. The van der Waals surface area contributed by atoms with Crippen LogP contribution in [0.5, 0.6) is 0 Å². The van der Waals surface area contributed by atoms with Crippen molar-refractivity contribution in [3.05, 3.63) is 12.2 Å². The molecule has 0 aromatic carbocycles. The molecule has 15 heavy (non-hydrogen) atoms. The summed E-state index contributed by atoms with van der Waals surface area (Å²) in [4.78, 5) is 0. The fourth-order valence-electron chi connectivity index (χ4n) is 2.92. The van der Waals surface area contributed by atoms with Crippen LogP contribution in [0.3, 0.4) is 0 Å². The number of aliphatic hydroxyl groups is 1. The summed E-state index contributed by atoms with van der Waals surface area (Å²) < 4.78 is 0. The summed E-state index contributed by atoms with van der Waals surface area (Å²) in [6.07, 6.45) is 10.9. The minimum Gasteiger partial charge on any atom is -0.396 e. The van der Waals surface area contributed by atoms with E-state index < -0.39 is 0 Å². The van der Waals surface area contributed by atoms with E-state index in [-0.39, 0.29) is 0 Å². The van der Waals surface area contributed by atoms with E-state index >= 15 is 0 Å². The quantitative estimate of drug-likeness (QED) is 0.698. The van der Waals surface area contributed by atoms with Crippen LogP contribution in [0.4, 0.5) is 0 Å². The third kappa shape index (κ3) is 3.05. The van der Waals surface area contributed by atoms with Crippen LogP contribution in [0.15, 0.2) is 12.2 Å². The monoisotopic (exact) mass is 209 g/mol. The Kier molecular flexibility index (Phi) is 3.81. The Morgan fingerprint density at radius 1 is 1.27 bits per heavy atom. The van der Waals surface area contributed by atoms with Gasteiger partial charge in [-0.25, -0.2) is 0 Å². The molecule has 1 fully saturated rings. The first-order valence-electron chi connectivity index (χ1n) is 6.33. The molecule has 4 atom stereocenters. The Morgan fingerprint density at radius 2 is 2.13 bits per heavy atom. The minimum absolute atomic E-state index is 0.301. The van der Waals surface area contributed by atoms with Gasteiger partial charge in [0.1, 0.15) is 0 Å². The summed E-state index contributed by atoms with van der Waals surface area (Å²) in [5.74, 6) is 1.28. The molecule has 0 bridgehead atoms. The minimum atomic E-state index is 0.301. The van der Waals surface area contributed by atoms with Crippen LogP contribution in [0.1, 0.15) is 39.0 Å². The van der Waals surface area contributed by atoms with Gasteiger partial charge in [-0.2, -0.15) is 0 Å². The Morgan fingerprint density at radius 3 is 2.80 bits per heavy atom. The zero-order valence-electron chi connectivity index (χ0n) is 9.65. The molecular weight excluding hydrogens is 186 g/mol. The second-order valence-corrected chi connectivity index (χ2v) is 5.31. The molecule has 0 spiro atoms. The zero-order valence-corrected chi connectivity index (χ0v) is 9.65. The molecule has 2 nitrogen and oxygen atoms in total. The molecule has 0 heterocycles. The molecule has 1 saturated carbocycles. The number of nitrogens with one attached hydrogen (secondary N) is 1. The molecule has 0 aliphatic heterocycles. The lowest BCUT2D eigenvalue weighted by molar-refractivity contribution is 0.237. The van der Waals surface area contributed by atoms with Gasteiger partial charge < -0.3 is 10.4 Å². The summed E-state index contributed by atoms with van der Waals surface area (Å²) in [7, 11) is 0. The van der Waals surface area contributed by atoms with Gasteiger partial charge in [0.15, 0.2) is 0 Å². The van der Waals surface area contributed by atoms with Crippen molar-refractivity contribution in [2.75, 3.05) is 6.61 Å². The van der Waals surface area contributed by atoms with E-state index in [4.69, 9.17) is 5.11 Å². The molecule has 0 aromatic heterocycles. The third-order valence-corrected chi connectivity index (χ3v) is 3.79. The van der Waals surface area contributed by atoms with Crippen molar-refractivity contribution in [3.63, 3.8) is 0 Å². The standard InChI is InChI=1S/C13H23NO/c1-10-3-2-4-12(7-10)14-13-6-5-11(8-13)9-15/h5-6,10-15H,2-4,7-9H2,1H3/t10-,11+,12-,13-/m1/s1. The average Bonchev–Trinajstić information content (AvgIpc) is 2.65. The maximum Gasteiger partial charge on any atom is 0.0494 e. The van der Waals surface area contributed by atoms with E-state index in [1.165, 1.54) is 25.7 Å². The first-order chi connectivity index (χ1) is 7.28. The first kappa shape index (κ1) is 11.2. The fourth-order valence-corrected chi connectivity index (χ4v) is 2.92. The molecule has 86 valence electrons. The van der Waals surface area contributed by atoms with Gasteiger partial charge in [0.2, 0.25) is 0 Å². The largest absolute Gasteiger partial charge is 0.396 e. The summed E-state index contributed by atoms with van der Waals surface area (Å²) in [5.41, 5.74) is 0. The van der Waals surface area contributed by atoms with Gasteiger partial charge in [-0.1, -0.05) is 31.9 Å². The second kappa shape index (κ2) is 5.13. The van der Waals surface area contributed by atoms with Gasteiger partial charge in [-0.05, 0) is 25.2 Å². The van der Waals surface area contributed by atoms with Crippen LogP contribution in [0.2, 0.25) is 0 Å². The van der Waals surface area contributed by atoms with Gasteiger partial charge in [0, 0.05) is 24.6 Å². The second-order valence-electron chi connectivity index (χ2n) is 5.31. The molecule has 0 aromatic rings. The van der Waals surface area contributed by atoms with Crippen LogP contribution in [0.25, 0.3) is 0 Å². The maximum atomic E-state index is 9.05. The lowest BCUT2D eigenvalue weighted by Gasteiger charge is -2.29. The summed E-state index contributed by atoms with van der Waals surface area (Å²) in [5, 5.41) is 12.8. The van der Waals surface area contributed by atoms with E-state index in [9.17, 15) is 0 Å². The average molecular weight is 209 g/mol. The van der Waals surface area contributed by atoms with Gasteiger partial charge in [0.05, 0.1) is 0 Å². The smallest absolute Gasteiger partial charge is 0.0494 e. The van der Waals surface area contributed by atoms with Crippen LogP contribution < -0.4 is 5.32 Å². The molecule has 0 radical (unpaired) electrons. The number of hydrogen-bond acceptors (Lipinski definition) is 2. The van der Waals surface area contributed by atoms with Gasteiger partial charge in [0.25, 0.3) is 0 Å². The Labute approximate surface area is 92.8 Å². The Bertz CT molecular complexity index is 227. The highest BCUT2D eigenvalue weighted by atomic mass is 16.3. The number of rotatable bonds is 3. The fraction of sp³-hybridized carbons (Fsp3) is 0.846. The number of aliphatic hydroxyl groups excluding tert-OH is 1. The molecule has 2 heteroatoms. The Hall–Kier alpha value is -0.340. The lowest BCUT2D eigenvalue weighted by atomic mass is 9.86. The summed E-state index contributed by atoms with van der Waals surface area (Å²) >= 11 is 0. The topological polar surface area (TPSA) is 32.3 Å². The van der Waals surface area contributed by atoms with E-state index in [0.29, 0.717) is 24.6 Å². The SMILES string of the molecule is C[C@@H]1CCC[C@@H](N[C@@H]2C=C[C@H](CO)C2)C1. The van der Waals surface area contributed by atoms with Crippen molar-refractivity contribution >= 4 is 0 Å². The van der Waals surface area contributed by atoms with Gasteiger partial charge >= 0.3 is 0 Å². The molecule has 0 amide bonds. The van der Waals surface area contributed by atoms with Gasteiger partial charge in [-0.15, -0.1) is 0 Å². The van der Waals surface area contributed by atoms with Crippen LogP contribution in [-0.2, 0) is 0 Å². The summed E-state index contributed by atoms with van der Waals surface area (Å²) in [6, 6.07) is 1.22. The van der Waals surface area contributed by atoms with E-state index in [1.807, 2.05) is 0 Å². The van der Waals surface area contributed by atoms with E-state index in [0.717, 1.165) is 12.3 Å². The highest BCUT2D eigenvalue weighted by molar-refractivity contribution is 5.06. The van der Waals surface area contributed by atoms with Crippen LogP contribution in [-0.4, -0.2) is 23.8 Å². The molecular formula is C13H23NO. The molecule has 0 saturated heterocycles. The van der Waals surface area contributed by atoms with Crippen LogP contribution >= 0.6 is 0 Å². The lowest BCUT2D eigenvalue weighted by Crippen LogP contribution is -2.39. The molecule has 2 aliphatic carbocycles. The van der Waals surface area contributed by atoms with E-state index in [2.05, 4.69) is 24.4 Å². The summed E-state index contributed by atoms with van der Waals surface area (Å²) in [6.45, 7) is 2.66. The Balaban J connectivity index is 1.75. The van der Waals surface area contributed by atoms with Crippen molar-refractivity contribution in [1.82, 2.24) is 5.32 Å². The van der Waals surface area contributed by atoms with Crippen molar-refractivity contribution in [3.8, 4) is 0 Å². The van der Waals surface area contributed by atoms with Gasteiger partial charge in [-0.3, -0.25) is 0 Å². The first-order valence-corrected chi connectivity index (χ1v) is 6.33. The zero-order chi connectivity index (χ0) is 10.7. The van der Waals surface area contributed by atoms with Crippen molar-refractivity contribution in [2.45, 2.75) is 51.1 Å².